The Morgan fingerprint density at radius 2 is 1.00 bits per heavy atom. The molecule has 0 aliphatic carbocycles. The minimum Gasteiger partial charge on any atom is -0.310 e. The summed E-state index contributed by atoms with van der Waals surface area (Å²) in [4.78, 5) is 17.9. The van der Waals surface area contributed by atoms with E-state index in [1.165, 1.54) is 0 Å². The standard InChI is InChI=1S/C36H25ClN4/c37-30-24-14-13-23-29(30)33-34(27-19-9-3-10-20-27)41(28-21-11-4-12-22-28)36(40-33)35-38-31(25-15-5-1-6-16-25)32(39-35)26-17-7-2-8-18-26/h1-24,34H. The smallest absolute Gasteiger partial charge is 0.197 e. The van der Waals surface area contributed by atoms with Gasteiger partial charge in [-0.15, -0.1) is 0 Å². The van der Waals surface area contributed by atoms with Crippen molar-refractivity contribution in [1.29, 1.82) is 0 Å². The highest BCUT2D eigenvalue weighted by molar-refractivity contribution is 6.55. The van der Waals surface area contributed by atoms with Gasteiger partial charge in [0, 0.05) is 27.4 Å². The second-order valence-electron chi connectivity index (χ2n) is 9.80. The Kier molecular flexibility index (Phi) is 6.59. The molecule has 2 aliphatic rings. The van der Waals surface area contributed by atoms with Crippen LogP contribution in [0, 0.1) is 0 Å². The van der Waals surface area contributed by atoms with Gasteiger partial charge < -0.3 is 4.90 Å². The van der Waals surface area contributed by atoms with Gasteiger partial charge in [0.25, 0.3) is 0 Å². The van der Waals surface area contributed by atoms with Crippen molar-refractivity contribution in [2.45, 2.75) is 6.04 Å². The molecule has 1 unspecified atom stereocenters. The quantitative estimate of drug-likeness (QED) is 0.217. The number of benzene rings is 5. The number of nitrogens with zero attached hydrogens (tertiary/aromatic N) is 4. The number of hydrogen-bond acceptors (Lipinski definition) is 4. The van der Waals surface area contributed by atoms with E-state index in [1.807, 2.05) is 84.9 Å². The fourth-order valence-corrected chi connectivity index (χ4v) is 5.58. The lowest BCUT2D eigenvalue weighted by molar-refractivity contribution is 0.869. The maximum Gasteiger partial charge on any atom is 0.197 e. The van der Waals surface area contributed by atoms with Crippen molar-refractivity contribution in [2.24, 2.45) is 15.0 Å². The van der Waals surface area contributed by atoms with Crippen LogP contribution in [0.2, 0.25) is 5.02 Å². The van der Waals surface area contributed by atoms with E-state index in [4.69, 9.17) is 26.6 Å². The summed E-state index contributed by atoms with van der Waals surface area (Å²) in [5.41, 5.74) is 7.49. The van der Waals surface area contributed by atoms with Gasteiger partial charge in [0.1, 0.15) is 6.04 Å². The molecule has 0 fully saturated rings. The number of hydrogen-bond donors (Lipinski definition) is 0. The lowest BCUT2D eigenvalue weighted by atomic mass is 9.95. The molecule has 196 valence electrons. The summed E-state index contributed by atoms with van der Waals surface area (Å²) in [6.07, 6.45) is 0. The first-order valence-corrected chi connectivity index (χ1v) is 13.9. The third-order valence-electron chi connectivity index (χ3n) is 7.23. The van der Waals surface area contributed by atoms with Crippen molar-refractivity contribution in [3.8, 4) is 0 Å². The molecule has 5 aromatic rings. The average Bonchev–Trinajstić information content (AvgIpc) is 3.66. The maximum absolute atomic E-state index is 6.79. The fourth-order valence-electron chi connectivity index (χ4n) is 5.35. The Morgan fingerprint density at radius 1 is 0.512 bits per heavy atom. The summed E-state index contributed by atoms with van der Waals surface area (Å²) in [5, 5.41) is 0.653. The molecule has 5 aromatic carbocycles. The molecule has 0 saturated heterocycles. The van der Waals surface area contributed by atoms with Gasteiger partial charge in [-0.2, -0.15) is 0 Å². The van der Waals surface area contributed by atoms with E-state index in [1.54, 1.807) is 0 Å². The molecule has 4 nitrogen and oxygen atoms in total. The van der Waals surface area contributed by atoms with Gasteiger partial charge in [-0.05, 0) is 23.8 Å². The molecular weight excluding hydrogens is 524 g/mol. The SMILES string of the molecule is Clc1ccccc1C1=NC(=C2N=C(c3ccccc3)C(c3ccccc3)=N2)N(c2ccccc2)C1c1ccccc1. The molecule has 2 aliphatic heterocycles. The molecule has 0 N–H and O–H groups in total. The van der Waals surface area contributed by atoms with Gasteiger partial charge in [0.05, 0.1) is 17.1 Å². The van der Waals surface area contributed by atoms with Crippen LogP contribution in [0.4, 0.5) is 5.69 Å². The zero-order chi connectivity index (χ0) is 27.6. The first-order chi connectivity index (χ1) is 20.3. The predicted molar refractivity (Wildman–Crippen MR) is 169 cm³/mol. The van der Waals surface area contributed by atoms with Crippen LogP contribution in [0.25, 0.3) is 0 Å². The Morgan fingerprint density at radius 3 is 1.56 bits per heavy atom. The molecule has 41 heavy (non-hydrogen) atoms. The first kappa shape index (κ1) is 24.9. The summed E-state index contributed by atoms with van der Waals surface area (Å²) in [6.45, 7) is 0. The summed E-state index contributed by atoms with van der Waals surface area (Å²) >= 11 is 6.79. The second-order valence-corrected chi connectivity index (χ2v) is 10.2. The van der Waals surface area contributed by atoms with Crippen molar-refractivity contribution < 1.29 is 0 Å². The Hall–Kier alpha value is -5.06. The molecule has 0 aromatic heterocycles. The summed E-state index contributed by atoms with van der Waals surface area (Å²) in [7, 11) is 0. The van der Waals surface area contributed by atoms with E-state index < -0.39 is 0 Å². The summed E-state index contributed by atoms with van der Waals surface area (Å²) < 4.78 is 0. The highest BCUT2D eigenvalue weighted by atomic mass is 35.5. The van der Waals surface area contributed by atoms with Crippen LogP contribution >= 0.6 is 11.6 Å². The molecule has 0 radical (unpaired) electrons. The third kappa shape index (κ3) is 4.69. The zero-order valence-electron chi connectivity index (χ0n) is 22.1. The van der Waals surface area contributed by atoms with Crippen molar-refractivity contribution in [1.82, 2.24) is 0 Å². The molecule has 0 amide bonds. The first-order valence-electron chi connectivity index (χ1n) is 13.5. The van der Waals surface area contributed by atoms with Gasteiger partial charge in [-0.25, -0.2) is 15.0 Å². The van der Waals surface area contributed by atoms with Crippen LogP contribution in [-0.4, -0.2) is 17.1 Å². The minimum atomic E-state index is -0.229. The van der Waals surface area contributed by atoms with Crippen LogP contribution in [0.1, 0.15) is 28.3 Å². The van der Waals surface area contributed by atoms with Gasteiger partial charge in [0.15, 0.2) is 11.6 Å². The van der Waals surface area contributed by atoms with E-state index >= 15 is 0 Å². The van der Waals surface area contributed by atoms with Crippen LogP contribution in [0.3, 0.4) is 0 Å². The number of rotatable bonds is 5. The predicted octanol–water partition coefficient (Wildman–Crippen LogP) is 8.51. The van der Waals surface area contributed by atoms with Gasteiger partial charge in [0.2, 0.25) is 0 Å². The maximum atomic E-state index is 6.79. The molecule has 0 saturated carbocycles. The van der Waals surface area contributed by atoms with E-state index in [0.29, 0.717) is 16.7 Å². The Labute approximate surface area is 244 Å². The van der Waals surface area contributed by atoms with Gasteiger partial charge >= 0.3 is 0 Å². The lowest BCUT2D eigenvalue weighted by Gasteiger charge is -2.29. The zero-order valence-corrected chi connectivity index (χ0v) is 22.9. The molecule has 0 spiro atoms. The number of para-hydroxylation sites is 1. The highest BCUT2D eigenvalue weighted by Crippen LogP contribution is 2.43. The lowest BCUT2D eigenvalue weighted by Crippen LogP contribution is -2.28. The fraction of sp³-hybridized carbons (Fsp3) is 0.0278. The van der Waals surface area contributed by atoms with Crippen LogP contribution in [-0.2, 0) is 0 Å². The van der Waals surface area contributed by atoms with Crippen molar-refractivity contribution in [2.75, 3.05) is 4.90 Å². The van der Waals surface area contributed by atoms with Crippen LogP contribution in [0.15, 0.2) is 172 Å². The van der Waals surface area contributed by atoms with Crippen LogP contribution in [0.5, 0.6) is 0 Å². The van der Waals surface area contributed by atoms with Gasteiger partial charge in [-0.1, -0.05) is 139 Å². The largest absolute Gasteiger partial charge is 0.310 e. The van der Waals surface area contributed by atoms with E-state index in [-0.39, 0.29) is 6.04 Å². The van der Waals surface area contributed by atoms with E-state index in [2.05, 4.69) is 65.6 Å². The third-order valence-corrected chi connectivity index (χ3v) is 7.55. The summed E-state index contributed by atoms with van der Waals surface area (Å²) in [5.74, 6) is 1.24. The molecule has 0 bridgehead atoms. The number of anilines is 1. The average molecular weight is 549 g/mol. The van der Waals surface area contributed by atoms with E-state index in [9.17, 15) is 0 Å². The van der Waals surface area contributed by atoms with Crippen LogP contribution < -0.4 is 4.90 Å². The molecule has 5 heteroatoms. The molecule has 1 atom stereocenters. The molecule has 2 heterocycles. The van der Waals surface area contributed by atoms with Crippen molar-refractivity contribution in [3.63, 3.8) is 0 Å². The number of halogens is 1. The second kappa shape index (κ2) is 10.8. The summed E-state index contributed by atoms with van der Waals surface area (Å²) in [6, 6.07) is 48.7. The van der Waals surface area contributed by atoms with Crippen molar-refractivity contribution >= 4 is 34.4 Å². The monoisotopic (exact) mass is 548 g/mol. The molecular formula is C36H25ClN4. The Balaban J connectivity index is 1.51. The normalized spacial score (nSPS) is 16.5. The molecule has 7 rings (SSSR count). The topological polar surface area (TPSA) is 40.3 Å². The Bertz CT molecular complexity index is 1770. The van der Waals surface area contributed by atoms with Crippen molar-refractivity contribution in [3.05, 3.63) is 185 Å². The number of aliphatic imine (C=N–C) groups is 3. The minimum absolute atomic E-state index is 0.229. The highest BCUT2D eigenvalue weighted by Gasteiger charge is 2.39. The van der Waals surface area contributed by atoms with Gasteiger partial charge in [-0.3, -0.25) is 0 Å². The van der Waals surface area contributed by atoms with E-state index in [0.717, 1.165) is 45.1 Å².